The number of methoxy groups -OCH3 is 1. The van der Waals surface area contributed by atoms with Gasteiger partial charge in [0.05, 0.1) is 18.6 Å². The molecule has 0 fully saturated rings. The standard InChI is InChI=1S/C17H18N2O4/c1-22-17-10-13(6-7-15(17)19(20)21)18-11-12-8-9-23-16-5-3-2-4-14(12)16/h2-7,10,12,18H,8-9,11H2,1H3. The van der Waals surface area contributed by atoms with Gasteiger partial charge in [-0.3, -0.25) is 10.1 Å². The summed E-state index contributed by atoms with van der Waals surface area (Å²) in [4.78, 5) is 10.5. The molecule has 1 heterocycles. The maximum Gasteiger partial charge on any atom is 0.311 e. The van der Waals surface area contributed by atoms with Gasteiger partial charge in [0.15, 0.2) is 5.75 Å². The summed E-state index contributed by atoms with van der Waals surface area (Å²) in [5.41, 5.74) is 1.96. The Balaban J connectivity index is 1.73. The van der Waals surface area contributed by atoms with Gasteiger partial charge in [-0.2, -0.15) is 0 Å². The number of benzene rings is 2. The molecule has 6 nitrogen and oxygen atoms in total. The lowest BCUT2D eigenvalue weighted by molar-refractivity contribution is -0.385. The molecule has 23 heavy (non-hydrogen) atoms. The van der Waals surface area contributed by atoms with Crippen molar-refractivity contribution < 1.29 is 14.4 Å². The number of nitro benzene ring substituents is 1. The Hall–Kier alpha value is -2.76. The Bertz CT molecular complexity index is 717. The Labute approximate surface area is 134 Å². The summed E-state index contributed by atoms with van der Waals surface area (Å²) in [5.74, 6) is 1.54. The summed E-state index contributed by atoms with van der Waals surface area (Å²) in [6.45, 7) is 1.44. The van der Waals surface area contributed by atoms with E-state index in [1.165, 1.54) is 18.7 Å². The van der Waals surface area contributed by atoms with Crippen LogP contribution in [0, 0.1) is 10.1 Å². The summed E-state index contributed by atoms with van der Waals surface area (Å²) < 4.78 is 10.8. The van der Waals surface area contributed by atoms with Crippen LogP contribution in [0.15, 0.2) is 42.5 Å². The predicted molar refractivity (Wildman–Crippen MR) is 87.4 cm³/mol. The first-order valence-corrected chi connectivity index (χ1v) is 7.47. The molecule has 6 heteroatoms. The third-order valence-corrected chi connectivity index (χ3v) is 4.01. The van der Waals surface area contributed by atoms with E-state index in [0.29, 0.717) is 12.5 Å². The third-order valence-electron chi connectivity index (χ3n) is 4.01. The molecular formula is C17H18N2O4. The molecule has 0 bridgehead atoms. The van der Waals surface area contributed by atoms with Gasteiger partial charge in [-0.15, -0.1) is 0 Å². The monoisotopic (exact) mass is 314 g/mol. The number of rotatable bonds is 5. The number of nitrogens with zero attached hydrogens (tertiary/aromatic N) is 1. The van der Waals surface area contributed by atoms with E-state index in [9.17, 15) is 10.1 Å². The molecule has 0 amide bonds. The fourth-order valence-corrected chi connectivity index (χ4v) is 2.81. The first-order valence-electron chi connectivity index (χ1n) is 7.47. The fourth-order valence-electron chi connectivity index (χ4n) is 2.81. The number of anilines is 1. The predicted octanol–water partition coefficient (Wildman–Crippen LogP) is 3.58. The average Bonchev–Trinajstić information content (AvgIpc) is 2.59. The van der Waals surface area contributed by atoms with Crippen molar-refractivity contribution in [2.45, 2.75) is 12.3 Å². The van der Waals surface area contributed by atoms with Gasteiger partial charge in [0.2, 0.25) is 0 Å². The van der Waals surface area contributed by atoms with Crippen LogP contribution in [-0.4, -0.2) is 25.2 Å². The fraction of sp³-hybridized carbons (Fsp3) is 0.294. The SMILES string of the molecule is COc1cc(NCC2CCOc3ccccc32)ccc1[N+](=O)[O-]. The average molecular weight is 314 g/mol. The van der Waals surface area contributed by atoms with E-state index in [1.807, 2.05) is 18.2 Å². The van der Waals surface area contributed by atoms with Crippen molar-refractivity contribution in [2.75, 3.05) is 25.6 Å². The Morgan fingerprint density at radius 2 is 2.17 bits per heavy atom. The van der Waals surface area contributed by atoms with Crippen LogP contribution in [0.1, 0.15) is 17.9 Å². The van der Waals surface area contributed by atoms with Gasteiger partial charge in [-0.25, -0.2) is 0 Å². The van der Waals surface area contributed by atoms with Gasteiger partial charge in [-0.1, -0.05) is 18.2 Å². The highest BCUT2D eigenvalue weighted by Gasteiger charge is 2.21. The highest BCUT2D eigenvalue weighted by molar-refractivity contribution is 5.58. The quantitative estimate of drug-likeness (QED) is 0.674. The van der Waals surface area contributed by atoms with Crippen LogP contribution in [0.25, 0.3) is 0 Å². The largest absolute Gasteiger partial charge is 0.493 e. The minimum atomic E-state index is -0.447. The van der Waals surface area contributed by atoms with E-state index in [-0.39, 0.29) is 11.4 Å². The van der Waals surface area contributed by atoms with E-state index in [1.54, 1.807) is 12.1 Å². The maximum absolute atomic E-state index is 10.9. The number of nitro groups is 1. The molecule has 0 radical (unpaired) electrons. The number of fused-ring (bicyclic) bond motifs is 1. The third kappa shape index (κ3) is 3.21. The Morgan fingerprint density at radius 3 is 2.96 bits per heavy atom. The number of hydrogen-bond donors (Lipinski definition) is 1. The van der Waals surface area contributed by atoms with Gasteiger partial charge < -0.3 is 14.8 Å². The van der Waals surface area contributed by atoms with E-state index >= 15 is 0 Å². The van der Waals surface area contributed by atoms with E-state index in [2.05, 4.69) is 11.4 Å². The van der Waals surface area contributed by atoms with Crippen molar-refractivity contribution >= 4 is 11.4 Å². The first kappa shape index (κ1) is 15.1. The zero-order chi connectivity index (χ0) is 16.2. The molecule has 0 aliphatic carbocycles. The van der Waals surface area contributed by atoms with Gasteiger partial charge in [0.1, 0.15) is 5.75 Å². The second-order valence-corrected chi connectivity index (χ2v) is 5.40. The molecule has 0 aromatic heterocycles. The molecule has 1 N–H and O–H groups in total. The number of ether oxygens (including phenoxy) is 2. The lowest BCUT2D eigenvalue weighted by Gasteiger charge is -2.26. The highest BCUT2D eigenvalue weighted by atomic mass is 16.6. The van der Waals surface area contributed by atoms with Gasteiger partial charge >= 0.3 is 5.69 Å². The van der Waals surface area contributed by atoms with Crippen molar-refractivity contribution in [2.24, 2.45) is 0 Å². The molecule has 0 saturated heterocycles. The molecular weight excluding hydrogens is 296 g/mol. The van der Waals surface area contributed by atoms with Crippen molar-refractivity contribution in [1.82, 2.24) is 0 Å². The van der Waals surface area contributed by atoms with Crippen molar-refractivity contribution in [3.63, 3.8) is 0 Å². The van der Waals surface area contributed by atoms with Crippen molar-refractivity contribution in [3.8, 4) is 11.5 Å². The molecule has 0 saturated carbocycles. The molecule has 1 aliphatic heterocycles. The van der Waals surface area contributed by atoms with Crippen LogP contribution in [0.4, 0.5) is 11.4 Å². The Kier molecular flexibility index (Phi) is 4.32. The highest BCUT2D eigenvalue weighted by Crippen LogP contribution is 2.34. The smallest absolute Gasteiger partial charge is 0.311 e. The van der Waals surface area contributed by atoms with Crippen LogP contribution in [0.2, 0.25) is 0 Å². The second kappa shape index (κ2) is 6.56. The number of para-hydroxylation sites is 1. The first-order chi connectivity index (χ1) is 11.2. The van der Waals surface area contributed by atoms with E-state index in [0.717, 1.165) is 24.4 Å². The minimum absolute atomic E-state index is 0.0329. The lowest BCUT2D eigenvalue weighted by atomic mass is 9.93. The van der Waals surface area contributed by atoms with E-state index in [4.69, 9.17) is 9.47 Å². The topological polar surface area (TPSA) is 73.6 Å². The van der Waals surface area contributed by atoms with E-state index < -0.39 is 4.92 Å². The molecule has 120 valence electrons. The molecule has 2 aromatic rings. The zero-order valence-corrected chi connectivity index (χ0v) is 12.8. The van der Waals surface area contributed by atoms with Crippen molar-refractivity contribution in [3.05, 3.63) is 58.1 Å². The van der Waals surface area contributed by atoms with Crippen LogP contribution >= 0.6 is 0 Å². The molecule has 0 spiro atoms. The summed E-state index contributed by atoms with van der Waals surface area (Å²) in [6, 6.07) is 12.9. The van der Waals surface area contributed by atoms with Crippen LogP contribution in [-0.2, 0) is 0 Å². The summed E-state index contributed by atoms with van der Waals surface area (Å²) in [5, 5.41) is 14.3. The Morgan fingerprint density at radius 1 is 1.35 bits per heavy atom. The lowest BCUT2D eigenvalue weighted by Crippen LogP contribution is -2.20. The minimum Gasteiger partial charge on any atom is -0.493 e. The zero-order valence-electron chi connectivity index (χ0n) is 12.8. The molecule has 1 aliphatic rings. The molecule has 2 aromatic carbocycles. The number of hydrogen-bond acceptors (Lipinski definition) is 5. The second-order valence-electron chi connectivity index (χ2n) is 5.40. The van der Waals surface area contributed by atoms with Gasteiger partial charge in [0, 0.05) is 30.3 Å². The normalized spacial score (nSPS) is 16.1. The summed E-state index contributed by atoms with van der Waals surface area (Å²) >= 11 is 0. The summed E-state index contributed by atoms with van der Waals surface area (Å²) in [6.07, 6.45) is 0.939. The maximum atomic E-state index is 10.9. The van der Waals surface area contributed by atoms with Crippen LogP contribution in [0.3, 0.4) is 0 Å². The van der Waals surface area contributed by atoms with Gasteiger partial charge in [0.25, 0.3) is 0 Å². The van der Waals surface area contributed by atoms with Crippen LogP contribution < -0.4 is 14.8 Å². The summed E-state index contributed by atoms with van der Waals surface area (Å²) in [7, 11) is 1.43. The van der Waals surface area contributed by atoms with Gasteiger partial charge in [-0.05, 0) is 24.1 Å². The molecule has 1 unspecified atom stereocenters. The molecule has 3 rings (SSSR count). The number of nitrogens with one attached hydrogen (secondary N) is 1. The van der Waals surface area contributed by atoms with Crippen molar-refractivity contribution in [1.29, 1.82) is 0 Å². The molecule has 1 atom stereocenters. The van der Waals surface area contributed by atoms with Crippen LogP contribution in [0.5, 0.6) is 11.5 Å².